The van der Waals surface area contributed by atoms with E-state index in [9.17, 15) is 5.11 Å². The van der Waals surface area contributed by atoms with Crippen molar-refractivity contribution < 1.29 is 5.11 Å². The number of halogens is 1. The number of rotatable bonds is 2. The zero-order chi connectivity index (χ0) is 11.5. The molecule has 0 aliphatic carbocycles. The predicted octanol–water partition coefficient (Wildman–Crippen LogP) is 4.10. The van der Waals surface area contributed by atoms with Crippen LogP contribution in [0.1, 0.15) is 5.56 Å². The van der Waals surface area contributed by atoms with Gasteiger partial charge in [0.2, 0.25) is 0 Å². The van der Waals surface area contributed by atoms with E-state index in [4.69, 9.17) is 11.6 Å². The molecule has 0 atom stereocenters. The van der Waals surface area contributed by atoms with Gasteiger partial charge in [-0.3, -0.25) is 0 Å². The number of nitrogens with one attached hydrogen (secondary N) is 1. The Morgan fingerprint density at radius 1 is 1.12 bits per heavy atom. The number of hydrogen-bond acceptors (Lipinski definition) is 2. The number of anilines is 2. The van der Waals surface area contributed by atoms with Gasteiger partial charge in [-0.2, -0.15) is 0 Å². The van der Waals surface area contributed by atoms with Crippen LogP contribution in [0.15, 0.2) is 42.5 Å². The first-order chi connectivity index (χ1) is 7.65. The summed E-state index contributed by atoms with van der Waals surface area (Å²) < 4.78 is 0. The first kappa shape index (κ1) is 10.8. The van der Waals surface area contributed by atoms with Crippen LogP contribution in [0.25, 0.3) is 0 Å². The number of benzene rings is 2. The number of phenols is 1. The van der Waals surface area contributed by atoms with Crippen LogP contribution >= 0.6 is 11.6 Å². The molecule has 0 radical (unpaired) electrons. The Labute approximate surface area is 99.5 Å². The van der Waals surface area contributed by atoms with Crippen molar-refractivity contribution in [2.75, 3.05) is 5.32 Å². The van der Waals surface area contributed by atoms with E-state index in [1.165, 1.54) is 0 Å². The monoisotopic (exact) mass is 233 g/mol. The van der Waals surface area contributed by atoms with Gasteiger partial charge >= 0.3 is 0 Å². The molecule has 0 aromatic heterocycles. The Morgan fingerprint density at radius 3 is 2.62 bits per heavy atom. The molecule has 2 rings (SSSR count). The van der Waals surface area contributed by atoms with E-state index in [2.05, 4.69) is 5.32 Å². The molecule has 0 spiro atoms. The van der Waals surface area contributed by atoms with Crippen LogP contribution in [0.3, 0.4) is 0 Å². The van der Waals surface area contributed by atoms with E-state index in [0.29, 0.717) is 5.02 Å². The summed E-state index contributed by atoms with van der Waals surface area (Å²) in [5.74, 6) is 0.230. The topological polar surface area (TPSA) is 32.3 Å². The van der Waals surface area contributed by atoms with E-state index in [0.717, 1.165) is 16.9 Å². The number of aryl methyl sites for hydroxylation is 1. The maximum absolute atomic E-state index is 9.33. The molecule has 2 aromatic rings. The highest BCUT2D eigenvalue weighted by atomic mass is 35.5. The summed E-state index contributed by atoms with van der Waals surface area (Å²) in [4.78, 5) is 0. The summed E-state index contributed by atoms with van der Waals surface area (Å²) in [6.07, 6.45) is 0. The first-order valence-electron chi connectivity index (χ1n) is 4.97. The molecule has 0 unspecified atom stereocenters. The molecule has 3 heteroatoms. The van der Waals surface area contributed by atoms with Crippen molar-refractivity contribution in [3.8, 4) is 5.75 Å². The van der Waals surface area contributed by atoms with Gasteiger partial charge in [-0.15, -0.1) is 0 Å². The molecule has 16 heavy (non-hydrogen) atoms. The average Bonchev–Trinajstić information content (AvgIpc) is 2.22. The minimum absolute atomic E-state index is 0.230. The Balaban J connectivity index is 2.27. The Bertz CT molecular complexity index is 511. The average molecular weight is 234 g/mol. The summed E-state index contributed by atoms with van der Waals surface area (Å²) in [5.41, 5.74) is 2.76. The van der Waals surface area contributed by atoms with Gasteiger partial charge in [0.1, 0.15) is 5.75 Å². The van der Waals surface area contributed by atoms with Gasteiger partial charge in [-0.05, 0) is 36.8 Å². The van der Waals surface area contributed by atoms with Crippen LogP contribution in [0.5, 0.6) is 5.75 Å². The van der Waals surface area contributed by atoms with Crippen molar-refractivity contribution in [2.45, 2.75) is 6.92 Å². The van der Waals surface area contributed by atoms with Gasteiger partial charge < -0.3 is 10.4 Å². The summed E-state index contributed by atoms with van der Waals surface area (Å²) >= 11 is 6.09. The van der Waals surface area contributed by atoms with Gasteiger partial charge in [0.05, 0.1) is 10.7 Å². The lowest BCUT2D eigenvalue weighted by atomic mass is 10.2. The van der Waals surface area contributed by atoms with Gasteiger partial charge in [-0.25, -0.2) is 0 Å². The van der Waals surface area contributed by atoms with Gasteiger partial charge in [0.25, 0.3) is 0 Å². The molecule has 82 valence electrons. The van der Waals surface area contributed by atoms with Gasteiger partial charge in [0, 0.05) is 11.8 Å². The van der Waals surface area contributed by atoms with Gasteiger partial charge in [0.15, 0.2) is 0 Å². The number of hydrogen-bond donors (Lipinski definition) is 2. The van der Waals surface area contributed by atoms with E-state index < -0.39 is 0 Å². The summed E-state index contributed by atoms with van der Waals surface area (Å²) in [6.45, 7) is 1.99. The Hall–Kier alpha value is -1.67. The molecule has 0 saturated heterocycles. The van der Waals surface area contributed by atoms with E-state index in [-0.39, 0.29) is 5.75 Å². The molecule has 2 N–H and O–H groups in total. The van der Waals surface area contributed by atoms with Gasteiger partial charge in [-0.1, -0.05) is 23.7 Å². The van der Waals surface area contributed by atoms with Crippen LogP contribution in [0.2, 0.25) is 5.02 Å². The highest BCUT2D eigenvalue weighted by Gasteiger charge is 2.01. The van der Waals surface area contributed by atoms with Crippen molar-refractivity contribution in [1.82, 2.24) is 0 Å². The van der Waals surface area contributed by atoms with E-state index >= 15 is 0 Å². The van der Waals surface area contributed by atoms with Crippen LogP contribution in [-0.4, -0.2) is 5.11 Å². The van der Waals surface area contributed by atoms with Crippen molar-refractivity contribution in [3.63, 3.8) is 0 Å². The third-order valence-corrected chi connectivity index (χ3v) is 2.56. The lowest BCUT2D eigenvalue weighted by Gasteiger charge is -2.09. The molecule has 0 heterocycles. The Morgan fingerprint density at radius 2 is 1.94 bits per heavy atom. The fraction of sp³-hybridized carbons (Fsp3) is 0.0769. The zero-order valence-electron chi connectivity index (χ0n) is 8.87. The van der Waals surface area contributed by atoms with E-state index in [1.54, 1.807) is 18.2 Å². The minimum atomic E-state index is 0.230. The molecular formula is C13H12ClNO. The second-order valence-electron chi connectivity index (χ2n) is 3.66. The third-order valence-electron chi connectivity index (χ3n) is 2.25. The summed E-state index contributed by atoms with van der Waals surface area (Å²) in [7, 11) is 0. The SMILES string of the molecule is Cc1ccc(Nc2cccc(O)c2)c(Cl)c1. The lowest BCUT2D eigenvalue weighted by molar-refractivity contribution is 0.475. The van der Waals surface area contributed by atoms with E-state index in [1.807, 2.05) is 31.2 Å². The molecule has 0 aliphatic heterocycles. The van der Waals surface area contributed by atoms with Crippen molar-refractivity contribution in [2.24, 2.45) is 0 Å². The highest BCUT2D eigenvalue weighted by molar-refractivity contribution is 6.33. The maximum atomic E-state index is 9.33. The lowest BCUT2D eigenvalue weighted by Crippen LogP contribution is -1.91. The zero-order valence-corrected chi connectivity index (χ0v) is 9.62. The molecule has 0 fully saturated rings. The predicted molar refractivity (Wildman–Crippen MR) is 67.6 cm³/mol. The highest BCUT2D eigenvalue weighted by Crippen LogP contribution is 2.27. The molecule has 0 saturated carbocycles. The largest absolute Gasteiger partial charge is 0.508 e. The van der Waals surface area contributed by atoms with Crippen LogP contribution in [-0.2, 0) is 0 Å². The normalized spacial score (nSPS) is 10.1. The molecule has 2 nitrogen and oxygen atoms in total. The van der Waals surface area contributed by atoms with Crippen molar-refractivity contribution >= 4 is 23.0 Å². The molecule has 0 aliphatic rings. The molecular weight excluding hydrogens is 222 g/mol. The fourth-order valence-corrected chi connectivity index (χ4v) is 1.74. The van der Waals surface area contributed by atoms with Crippen LogP contribution in [0, 0.1) is 6.92 Å². The van der Waals surface area contributed by atoms with Crippen molar-refractivity contribution in [1.29, 1.82) is 0 Å². The number of aromatic hydroxyl groups is 1. The Kier molecular flexibility index (Phi) is 3.02. The standard InChI is InChI=1S/C13H12ClNO/c1-9-5-6-13(12(14)7-9)15-10-3-2-4-11(16)8-10/h2-8,15-16H,1H3. The van der Waals surface area contributed by atoms with Crippen LogP contribution < -0.4 is 5.32 Å². The quantitative estimate of drug-likeness (QED) is 0.819. The third kappa shape index (κ3) is 2.47. The molecule has 2 aromatic carbocycles. The first-order valence-corrected chi connectivity index (χ1v) is 5.35. The molecule has 0 amide bonds. The summed E-state index contributed by atoms with van der Waals surface area (Å²) in [5, 5.41) is 13.1. The molecule has 0 bridgehead atoms. The van der Waals surface area contributed by atoms with Crippen LogP contribution in [0.4, 0.5) is 11.4 Å². The second kappa shape index (κ2) is 4.45. The second-order valence-corrected chi connectivity index (χ2v) is 4.07. The smallest absolute Gasteiger partial charge is 0.117 e. The van der Waals surface area contributed by atoms with Crippen molar-refractivity contribution in [3.05, 3.63) is 53.1 Å². The minimum Gasteiger partial charge on any atom is -0.508 e. The fourth-order valence-electron chi connectivity index (χ4n) is 1.46. The summed E-state index contributed by atoms with van der Waals surface area (Å²) in [6, 6.07) is 12.7. The number of phenolic OH excluding ortho intramolecular Hbond substituents is 1. The maximum Gasteiger partial charge on any atom is 0.117 e.